The van der Waals surface area contributed by atoms with Crippen LogP contribution in [0, 0.1) is 5.82 Å². The first-order valence-electron chi connectivity index (χ1n) is 9.44. The number of hydrogen-bond acceptors (Lipinski definition) is 5. The van der Waals surface area contributed by atoms with Gasteiger partial charge in [0, 0.05) is 17.4 Å². The predicted octanol–water partition coefficient (Wildman–Crippen LogP) is 5.61. The van der Waals surface area contributed by atoms with E-state index in [1.165, 1.54) is 18.5 Å². The summed E-state index contributed by atoms with van der Waals surface area (Å²) >= 11 is 0. The molecule has 0 saturated heterocycles. The number of fused-ring (bicyclic) bond motifs is 1. The quantitative estimate of drug-likeness (QED) is 0.465. The monoisotopic (exact) mass is 388 g/mol. The molecular formula is C23H21FN4O. The normalized spacial score (nSPS) is 11.0. The third-order valence-corrected chi connectivity index (χ3v) is 4.50. The molecule has 2 aromatic heterocycles. The number of benzene rings is 2. The topological polar surface area (TPSA) is 59.9 Å². The van der Waals surface area contributed by atoms with Crippen LogP contribution in [0.25, 0.3) is 11.0 Å². The van der Waals surface area contributed by atoms with Gasteiger partial charge in [0.2, 0.25) is 0 Å². The fourth-order valence-corrected chi connectivity index (χ4v) is 2.97. The molecule has 2 heterocycles. The van der Waals surface area contributed by atoms with Crippen LogP contribution < -0.4 is 10.1 Å². The van der Waals surface area contributed by atoms with Crippen molar-refractivity contribution in [2.75, 3.05) is 5.32 Å². The van der Waals surface area contributed by atoms with Crippen LogP contribution in [-0.2, 0) is 6.61 Å². The summed E-state index contributed by atoms with van der Waals surface area (Å²) in [4.78, 5) is 13.3. The Morgan fingerprint density at radius 2 is 1.86 bits per heavy atom. The highest BCUT2D eigenvalue weighted by Crippen LogP contribution is 2.26. The van der Waals surface area contributed by atoms with Gasteiger partial charge >= 0.3 is 0 Å². The largest absolute Gasteiger partial charge is 0.489 e. The maximum Gasteiger partial charge on any atom is 0.164 e. The zero-order valence-corrected chi connectivity index (χ0v) is 16.3. The molecule has 0 radical (unpaired) electrons. The highest BCUT2D eigenvalue weighted by molar-refractivity contribution is 5.88. The third-order valence-electron chi connectivity index (χ3n) is 4.50. The molecule has 146 valence electrons. The lowest BCUT2D eigenvalue weighted by Crippen LogP contribution is -2.00. The average molecular weight is 388 g/mol. The van der Waals surface area contributed by atoms with Crippen LogP contribution in [0.4, 0.5) is 15.9 Å². The molecule has 6 heteroatoms. The Hall–Kier alpha value is -3.54. The number of nitrogens with one attached hydrogen (secondary N) is 1. The van der Waals surface area contributed by atoms with Gasteiger partial charge in [0.05, 0.1) is 5.39 Å². The van der Waals surface area contributed by atoms with Crippen molar-refractivity contribution in [3.05, 3.63) is 84.1 Å². The Morgan fingerprint density at radius 3 is 2.69 bits per heavy atom. The number of ether oxygens (including phenoxy) is 1. The van der Waals surface area contributed by atoms with Gasteiger partial charge in [-0.05, 0) is 47.9 Å². The molecule has 1 N–H and O–H groups in total. The molecule has 29 heavy (non-hydrogen) atoms. The summed E-state index contributed by atoms with van der Waals surface area (Å²) < 4.78 is 19.1. The molecule has 2 aromatic carbocycles. The number of pyridine rings is 1. The molecule has 0 atom stereocenters. The summed E-state index contributed by atoms with van der Waals surface area (Å²) in [6, 6.07) is 17.9. The second kappa shape index (κ2) is 8.22. The molecule has 0 aliphatic rings. The molecule has 0 fully saturated rings. The van der Waals surface area contributed by atoms with Gasteiger partial charge < -0.3 is 10.1 Å². The molecule has 0 aliphatic carbocycles. The SMILES string of the molecule is CC(C)c1ccc2c(Nc3cccc(OCc4cccc(F)c4)c3)ncnc2n1. The minimum Gasteiger partial charge on any atom is -0.489 e. The van der Waals surface area contributed by atoms with E-state index in [9.17, 15) is 4.39 Å². The Labute approximate surface area is 168 Å². The van der Waals surface area contributed by atoms with Gasteiger partial charge in [0.15, 0.2) is 5.65 Å². The molecule has 0 spiro atoms. The molecule has 0 unspecified atom stereocenters. The summed E-state index contributed by atoms with van der Waals surface area (Å²) in [6.45, 7) is 4.49. The van der Waals surface area contributed by atoms with Gasteiger partial charge in [-0.1, -0.05) is 32.0 Å². The fraction of sp³-hybridized carbons (Fsp3) is 0.174. The van der Waals surface area contributed by atoms with Gasteiger partial charge in [0.1, 0.15) is 30.3 Å². The first kappa shape index (κ1) is 18.8. The predicted molar refractivity (Wildman–Crippen MR) is 112 cm³/mol. The van der Waals surface area contributed by atoms with Crippen molar-refractivity contribution in [2.24, 2.45) is 0 Å². The number of nitrogens with zero attached hydrogens (tertiary/aromatic N) is 3. The molecule has 4 rings (SSSR count). The van der Waals surface area contributed by atoms with E-state index in [2.05, 4.69) is 34.1 Å². The van der Waals surface area contributed by atoms with Crippen molar-refractivity contribution < 1.29 is 9.13 Å². The van der Waals surface area contributed by atoms with Crippen LogP contribution in [0.15, 0.2) is 67.0 Å². The lowest BCUT2D eigenvalue weighted by atomic mass is 10.1. The summed E-state index contributed by atoms with van der Waals surface area (Å²) in [5.74, 6) is 1.42. The van der Waals surface area contributed by atoms with E-state index in [-0.39, 0.29) is 5.82 Å². The van der Waals surface area contributed by atoms with Crippen molar-refractivity contribution >= 4 is 22.5 Å². The van der Waals surface area contributed by atoms with Gasteiger partial charge in [-0.25, -0.2) is 19.3 Å². The molecule has 4 aromatic rings. The summed E-state index contributed by atoms with van der Waals surface area (Å²) in [6.07, 6.45) is 1.51. The van der Waals surface area contributed by atoms with E-state index >= 15 is 0 Å². The smallest absolute Gasteiger partial charge is 0.164 e. The lowest BCUT2D eigenvalue weighted by Gasteiger charge is -2.12. The van der Waals surface area contributed by atoms with Crippen LogP contribution in [0.3, 0.4) is 0 Å². The summed E-state index contributed by atoms with van der Waals surface area (Å²) in [7, 11) is 0. The van der Waals surface area contributed by atoms with Gasteiger partial charge in [-0.2, -0.15) is 0 Å². The first-order chi connectivity index (χ1) is 14.1. The molecule has 0 amide bonds. The second-order valence-electron chi connectivity index (χ2n) is 7.06. The molecule has 0 saturated carbocycles. The molecule has 0 aliphatic heterocycles. The Kier molecular flexibility index (Phi) is 5.33. The molecule has 5 nitrogen and oxygen atoms in total. The van der Waals surface area contributed by atoms with Crippen LogP contribution >= 0.6 is 0 Å². The number of aromatic nitrogens is 3. The molecular weight excluding hydrogens is 367 g/mol. The van der Waals surface area contributed by atoms with E-state index in [4.69, 9.17) is 4.74 Å². The maximum atomic E-state index is 13.3. The zero-order chi connectivity index (χ0) is 20.2. The van der Waals surface area contributed by atoms with Gasteiger partial charge in [-0.3, -0.25) is 0 Å². The van der Waals surface area contributed by atoms with Crippen LogP contribution in [0.5, 0.6) is 5.75 Å². The average Bonchev–Trinajstić information content (AvgIpc) is 2.72. The Morgan fingerprint density at radius 1 is 1.00 bits per heavy atom. The first-order valence-corrected chi connectivity index (χ1v) is 9.44. The fourth-order valence-electron chi connectivity index (χ4n) is 2.97. The van der Waals surface area contributed by atoms with Gasteiger partial charge in [-0.15, -0.1) is 0 Å². The Bertz CT molecular complexity index is 1150. The lowest BCUT2D eigenvalue weighted by molar-refractivity contribution is 0.306. The summed E-state index contributed by atoms with van der Waals surface area (Å²) in [5.41, 5.74) is 3.26. The van der Waals surface area contributed by atoms with E-state index in [1.807, 2.05) is 42.5 Å². The van der Waals surface area contributed by atoms with Crippen molar-refractivity contribution in [3.8, 4) is 5.75 Å². The second-order valence-corrected chi connectivity index (χ2v) is 7.06. The minimum atomic E-state index is -0.272. The van der Waals surface area contributed by atoms with E-state index in [0.717, 1.165) is 22.3 Å². The van der Waals surface area contributed by atoms with E-state index < -0.39 is 0 Å². The zero-order valence-electron chi connectivity index (χ0n) is 16.3. The standard InChI is InChI=1S/C23H21FN4O/c1-15(2)21-10-9-20-22(25-14-26-23(20)28-21)27-18-7-4-8-19(12-18)29-13-16-5-3-6-17(24)11-16/h3-12,14-15H,13H2,1-2H3,(H,25,26,27,28). The maximum absolute atomic E-state index is 13.3. The number of anilines is 2. The van der Waals surface area contributed by atoms with Crippen molar-refractivity contribution in [2.45, 2.75) is 26.4 Å². The highest BCUT2D eigenvalue weighted by atomic mass is 19.1. The molecule has 0 bridgehead atoms. The number of hydrogen-bond donors (Lipinski definition) is 1. The van der Waals surface area contributed by atoms with Crippen molar-refractivity contribution in [3.63, 3.8) is 0 Å². The van der Waals surface area contributed by atoms with E-state index in [0.29, 0.717) is 29.7 Å². The van der Waals surface area contributed by atoms with Crippen molar-refractivity contribution in [1.29, 1.82) is 0 Å². The van der Waals surface area contributed by atoms with Crippen LogP contribution in [-0.4, -0.2) is 15.0 Å². The van der Waals surface area contributed by atoms with Crippen LogP contribution in [0.2, 0.25) is 0 Å². The number of halogens is 1. The minimum absolute atomic E-state index is 0.272. The number of rotatable bonds is 6. The van der Waals surface area contributed by atoms with E-state index in [1.54, 1.807) is 6.07 Å². The van der Waals surface area contributed by atoms with Crippen molar-refractivity contribution in [1.82, 2.24) is 15.0 Å². The third kappa shape index (κ3) is 4.48. The summed E-state index contributed by atoms with van der Waals surface area (Å²) in [5, 5.41) is 4.16. The van der Waals surface area contributed by atoms with Gasteiger partial charge in [0.25, 0.3) is 0 Å². The highest BCUT2D eigenvalue weighted by Gasteiger charge is 2.09. The Balaban J connectivity index is 1.53. The van der Waals surface area contributed by atoms with Crippen LogP contribution in [0.1, 0.15) is 31.0 Å².